The van der Waals surface area contributed by atoms with Gasteiger partial charge in [-0.1, -0.05) is 48.0 Å². The van der Waals surface area contributed by atoms with Gasteiger partial charge in [-0.25, -0.2) is 0 Å². The molecule has 126 valence electrons. The molecule has 0 saturated carbocycles. The molecule has 0 spiro atoms. The topological polar surface area (TPSA) is 38.8 Å². The molecule has 1 fully saturated rings. The maximum atomic E-state index is 12.3. The fourth-order valence-electron chi connectivity index (χ4n) is 2.56. The summed E-state index contributed by atoms with van der Waals surface area (Å²) in [6.07, 6.45) is -0.453. The number of likely N-dealkylation sites (tertiary alicyclic amines) is 1. The second kappa shape index (κ2) is 7.69. The Kier molecular flexibility index (Phi) is 5.38. The van der Waals surface area contributed by atoms with Crippen LogP contribution in [-0.2, 0) is 16.1 Å². The van der Waals surface area contributed by atoms with Crippen molar-refractivity contribution >= 4 is 17.5 Å². The molecule has 4 nitrogen and oxygen atoms in total. The molecule has 1 aliphatic heterocycles. The monoisotopic (exact) mass is 345 g/mol. The lowest BCUT2D eigenvalue weighted by atomic mass is 10.1. The van der Waals surface area contributed by atoms with E-state index in [9.17, 15) is 4.79 Å². The van der Waals surface area contributed by atoms with E-state index >= 15 is 0 Å². The Balaban J connectivity index is 1.42. The Hall–Kier alpha value is -2.04. The molecule has 0 radical (unpaired) electrons. The van der Waals surface area contributed by atoms with Crippen molar-refractivity contribution in [3.63, 3.8) is 0 Å². The first-order chi connectivity index (χ1) is 11.6. The van der Waals surface area contributed by atoms with E-state index in [1.807, 2.05) is 54.6 Å². The van der Waals surface area contributed by atoms with Crippen molar-refractivity contribution in [2.75, 3.05) is 13.1 Å². The highest BCUT2D eigenvalue weighted by Crippen LogP contribution is 2.20. The van der Waals surface area contributed by atoms with Crippen LogP contribution in [-0.4, -0.2) is 36.1 Å². The van der Waals surface area contributed by atoms with Gasteiger partial charge in [-0.05, 0) is 30.7 Å². The summed E-state index contributed by atoms with van der Waals surface area (Å²) in [7, 11) is 0. The molecular weight excluding hydrogens is 326 g/mol. The van der Waals surface area contributed by atoms with Gasteiger partial charge in [0.2, 0.25) is 0 Å². The van der Waals surface area contributed by atoms with Crippen LogP contribution in [0.3, 0.4) is 0 Å². The van der Waals surface area contributed by atoms with Crippen LogP contribution in [0.4, 0.5) is 0 Å². The minimum absolute atomic E-state index is 0.0172. The Morgan fingerprint density at radius 1 is 1.17 bits per heavy atom. The fourth-order valence-corrected chi connectivity index (χ4v) is 2.75. The van der Waals surface area contributed by atoms with Crippen LogP contribution in [0.2, 0.25) is 5.02 Å². The van der Waals surface area contributed by atoms with Crippen molar-refractivity contribution in [2.24, 2.45) is 0 Å². The minimum atomic E-state index is -0.503. The predicted molar refractivity (Wildman–Crippen MR) is 93.1 cm³/mol. The quantitative estimate of drug-likeness (QED) is 0.804. The molecular formula is C19H20ClNO3. The Bertz CT molecular complexity index is 686. The third-order valence-electron chi connectivity index (χ3n) is 4.00. The second-order valence-electron chi connectivity index (χ2n) is 5.84. The fraction of sp³-hybridized carbons (Fsp3) is 0.316. The molecule has 2 aromatic rings. The van der Waals surface area contributed by atoms with Crippen molar-refractivity contribution in [3.05, 3.63) is 65.2 Å². The molecule has 1 saturated heterocycles. The molecule has 1 atom stereocenters. The number of rotatable bonds is 6. The molecule has 2 aromatic carbocycles. The summed E-state index contributed by atoms with van der Waals surface area (Å²) in [4.78, 5) is 14.1. The van der Waals surface area contributed by atoms with Gasteiger partial charge in [0.05, 0.1) is 12.7 Å². The molecule has 1 aliphatic rings. The standard InChI is InChI=1S/C19H20ClNO3/c1-14(24-16-8-3-2-4-9-16)19(22)21-11-17(12-21)23-13-15-7-5-6-10-18(15)20/h2-10,14,17H,11-13H2,1H3. The van der Waals surface area contributed by atoms with E-state index in [0.29, 0.717) is 30.5 Å². The Morgan fingerprint density at radius 2 is 1.83 bits per heavy atom. The van der Waals surface area contributed by atoms with Gasteiger partial charge in [-0.15, -0.1) is 0 Å². The lowest BCUT2D eigenvalue weighted by Crippen LogP contribution is -2.57. The van der Waals surface area contributed by atoms with Gasteiger partial charge >= 0.3 is 0 Å². The normalized spacial score (nSPS) is 15.7. The number of carbonyl (C=O) groups excluding carboxylic acids is 1. The number of para-hydroxylation sites is 1. The Labute approximate surface area is 146 Å². The summed E-state index contributed by atoms with van der Waals surface area (Å²) in [6, 6.07) is 17.0. The Morgan fingerprint density at radius 3 is 2.54 bits per heavy atom. The second-order valence-corrected chi connectivity index (χ2v) is 6.25. The number of nitrogens with zero attached hydrogens (tertiary/aromatic N) is 1. The van der Waals surface area contributed by atoms with Crippen LogP contribution < -0.4 is 4.74 Å². The van der Waals surface area contributed by atoms with E-state index in [2.05, 4.69) is 0 Å². The first kappa shape index (κ1) is 16.8. The number of halogens is 1. The summed E-state index contributed by atoms with van der Waals surface area (Å²) in [5.41, 5.74) is 0.963. The van der Waals surface area contributed by atoms with Crippen molar-refractivity contribution in [3.8, 4) is 5.75 Å². The summed E-state index contributed by atoms with van der Waals surface area (Å²) < 4.78 is 11.5. The predicted octanol–water partition coefficient (Wildman–Crippen LogP) is 3.53. The van der Waals surface area contributed by atoms with Crippen LogP contribution >= 0.6 is 11.6 Å². The first-order valence-electron chi connectivity index (χ1n) is 7.99. The molecule has 0 bridgehead atoms. The van der Waals surface area contributed by atoms with Crippen LogP contribution in [0.15, 0.2) is 54.6 Å². The van der Waals surface area contributed by atoms with E-state index in [4.69, 9.17) is 21.1 Å². The highest BCUT2D eigenvalue weighted by molar-refractivity contribution is 6.31. The van der Waals surface area contributed by atoms with Gasteiger partial charge in [-0.2, -0.15) is 0 Å². The van der Waals surface area contributed by atoms with Crippen molar-refractivity contribution < 1.29 is 14.3 Å². The zero-order valence-corrected chi connectivity index (χ0v) is 14.3. The summed E-state index contributed by atoms with van der Waals surface area (Å²) in [6.45, 7) is 3.41. The molecule has 1 amide bonds. The molecule has 1 unspecified atom stereocenters. The summed E-state index contributed by atoms with van der Waals surface area (Å²) in [5.74, 6) is 0.682. The van der Waals surface area contributed by atoms with E-state index in [0.717, 1.165) is 5.56 Å². The highest BCUT2D eigenvalue weighted by atomic mass is 35.5. The minimum Gasteiger partial charge on any atom is -0.481 e. The number of ether oxygens (including phenoxy) is 2. The van der Waals surface area contributed by atoms with Gasteiger partial charge in [0.25, 0.3) is 5.91 Å². The number of benzene rings is 2. The zero-order valence-electron chi connectivity index (χ0n) is 13.5. The molecule has 0 N–H and O–H groups in total. The number of hydrogen-bond donors (Lipinski definition) is 0. The van der Waals surface area contributed by atoms with E-state index in [1.165, 1.54) is 0 Å². The lowest BCUT2D eigenvalue weighted by Gasteiger charge is -2.40. The maximum Gasteiger partial charge on any atom is 0.263 e. The third-order valence-corrected chi connectivity index (χ3v) is 4.36. The summed E-state index contributed by atoms with van der Waals surface area (Å²) in [5, 5.41) is 0.703. The van der Waals surface area contributed by atoms with Crippen molar-refractivity contribution in [1.82, 2.24) is 4.90 Å². The van der Waals surface area contributed by atoms with Gasteiger partial charge in [0.15, 0.2) is 6.10 Å². The van der Waals surface area contributed by atoms with E-state index in [-0.39, 0.29) is 12.0 Å². The molecule has 0 aromatic heterocycles. The number of carbonyl (C=O) groups is 1. The van der Waals surface area contributed by atoms with E-state index < -0.39 is 6.10 Å². The third kappa shape index (κ3) is 4.08. The smallest absolute Gasteiger partial charge is 0.263 e. The average Bonchev–Trinajstić information content (AvgIpc) is 2.55. The number of amides is 1. The lowest BCUT2D eigenvalue weighted by molar-refractivity contribution is -0.152. The largest absolute Gasteiger partial charge is 0.481 e. The van der Waals surface area contributed by atoms with Gasteiger partial charge in [0.1, 0.15) is 5.75 Å². The van der Waals surface area contributed by atoms with Crippen LogP contribution in [0.25, 0.3) is 0 Å². The van der Waals surface area contributed by atoms with Crippen molar-refractivity contribution in [1.29, 1.82) is 0 Å². The van der Waals surface area contributed by atoms with Crippen molar-refractivity contribution in [2.45, 2.75) is 25.7 Å². The van der Waals surface area contributed by atoms with Gasteiger partial charge in [0, 0.05) is 18.1 Å². The molecule has 24 heavy (non-hydrogen) atoms. The maximum absolute atomic E-state index is 12.3. The molecule has 0 aliphatic carbocycles. The summed E-state index contributed by atoms with van der Waals surface area (Å²) >= 11 is 6.11. The van der Waals surface area contributed by atoms with Crippen LogP contribution in [0, 0.1) is 0 Å². The van der Waals surface area contributed by atoms with E-state index in [1.54, 1.807) is 11.8 Å². The molecule has 3 rings (SSSR count). The molecule has 5 heteroatoms. The SMILES string of the molecule is CC(Oc1ccccc1)C(=O)N1CC(OCc2ccccc2Cl)C1. The van der Waals surface area contributed by atoms with Crippen LogP contribution in [0.1, 0.15) is 12.5 Å². The molecule has 1 heterocycles. The average molecular weight is 346 g/mol. The van der Waals surface area contributed by atoms with Gasteiger partial charge in [-0.3, -0.25) is 4.79 Å². The van der Waals surface area contributed by atoms with Crippen LogP contribution in [0.5, 0.6) is 5.75 Å². The highest BCUT2D eigenvalue weighted by Gasteiger charge is 2.34. The first-order valence-corrected chi connectivity index (χ1v) is 8.37. The van der Waals surface area contributed by atoms with Gasteiger partial charge < -0.3 is 14.4 Å². The number of hydrogen-bond acceptors (Lipinski definition) is 3. The zero-order chi connectivity index (χ0) is 16.9.